The third-order valence-electron chi connectivity index (χ3n) is 3.39. The van der Waals surface area contributed by atoms with E-state index in [1.807, 2.05) is 65.9 Å². The van der Waals surface area contributed by atoms with Crippen molar-refractivity contribution in [3.63, 3.8) is 0 Å². The Morgan fingerprint density at radius 2 is 1.65 bits per heavy atom. The number of nitrogens with zero attached hydrogens (tertiary/aromatic N) is 3. The molecular weight excluding hydrogens is 354 g/mol. The highest BCUT2D eigenvalue weighted by Gasteiger charge is 2.06. The molecule has 3 rings (SSSR count). The summed E-state index contributed by atoms with van der Waals surface area (Å²) in [5.41, 5.74) is 1.25. The van der Waals surface area contributed by atoms with E-state index in [0.717, 1.165) is 25.3 Å². The number of halogens is 1. The lowest BCUT2D eigenvalue weighted by Crippen LogP contribution is -3.00. The summed E-state index contributed by atoms with van der Waals surface area (Å²) in [6.45, 7) is 2.41. The van der Waals surface area contributed by atoms with Crippen molar-refractivity contribution in [2.45, 2.75) is 19.5 Å². The first-order valence-corrected chi connectivity index (χ1v) is 7.53. The molecule has 4 nitrogen and oxygen atoms in total. The first kappa shape index (κ1) is 17.2. The van der Waals surface area contributed by atoms with Crippen LogP contribution in [0.25, 0.3) is 0 Å². The van der Waals surface area contributed by atoms with Gasteiger partial charge in [-0.3, -0.25) is 0 Å². The van der Waals surface area contributed by atoms with Crippen LogP contribution in [-0.2, 0) is 13.1 Å². The zero-order valence-electron chi connectivity index (χ0n) is 12.9. The number of rotatable bonds is 7. The van der Waals surface area contributed by atoms with Gasteiger partial charge < -0.3 is 21.7 Å². The van der Waals surface area contributed by atoms with E-state index in [9.17, 15) is 0 Å². The lowest BCUT2D eigenvalue weighted by atomic mass is 10.2. The van der Waals surface area contributed by atoms with Crippen molar-refractivity contribution in [2.75, 3.05) is 6.61 Å². The van der Waals surface area contributed by atoms with Gasteiger partial charge in [-0.2, -0.15) is 0 Å². The Morgan fingerprint density at radius 1 is 0.957 bits per heavy atom. The van der Waals surface area contributed by atoms with Crippen LogP contribution < -0.4 is 26.3 Å². The molecule has 0 N–H and O–H groups in total. The van der Waals surface area contributed by atoms with Gasteiger partial charge in [-0.05, 0) is 17.7 Å². The van der Waals surface area contributed by atoms with Gasteiger partial charge in [0.2, 0.25) is 6.33 Å². The summed E-state index contributed by atoms with van der Waals surface area (Å²) in [6, 6.07) is 20.3. The smallest absolute Gasteiger partial charge is 0.265 e. The Labute approximate surface area is 147 Å². The van der Waals surface area contributed by atoms with Gasteiger partial charge in [0.05, 0.1) is 13.2 Å². The fourth-order valence-electron chi connectivity index (χ4n) is 2.28. The molecule has 23 heavy (non-hydrogen) atoms. The number of para-hydroxylation sites is 1. The van der Waals surface area contributed by atoms with Crippen molar-refractivity contribution >= 4 is 0 Å². The van der Waals surface area contributed by atoms with Crippen molar-refractivity contribution in [1.82, 2.24) is 9.78 Å². The molecule has 0 radical (unpaired) electrons. The Bertz CT molecular complexity index is 686. The van der Waals surface area contributed by atoms with Gasteiger partial charge in [-0.25, -0.2) is 4.57 Å². The number of aryl methyl sites for hydroxylation is 1. The number of hydrogen-bond acceptors (Lipinski definition) is 2. The minimum absolute atomic E-state index is 0. The zero-order chi connectivity index (χ0) is 15.0. The van der Waals surface area contributed by atoms with Crippen LogP contribution in [0, 0.1) is 0 Å². The predicted molar refractivity (Wildman–Crippen MR) is 84.5 cm³/mol. The van der Waals surface area contributed by atoms with E-state index in [-0.39, 0.29) is 17.0 Å². The average molecular weight is 374 g/mol. The molecule has 3 aromatic rings. The molecule has 120 valence electrons. The van der Waals surface area contributed by atoms with E-state index in [4.69, 9.17) is 4.74 Å². The minimum Gasteiger partial charge on any atom is -1.00 e. The van der Waals surface area contributed by atoms with Gasteiger partial charge in [0.25, 0.3) is 6.33 Å². The molecule has 0 aliphatic carbocycles. The molecule has 0 atom stereocenters. The molecule has 0 spiro atoms. The number of aromatic nitrogens is 3. The molecule has 1 heterocycles. The van der Waals surface area contributed by atoms with E-state index in [1.54, 1.807) is 0 Å². The Kier molecular flexibility index (Phi) is 6.81. The highest BCUT2D eigenvalue weighted by Crippen LogP contribution is 2.08. The molecule has 0 unspecified atom stereocenters. The van der Waals surface area contributed by atoms with E-state index < -0.39 is 0 Å². The fraction of sp³-hybridized carbons (Fsp3) is 0.222. The number of benzene rings is 2. The lowest BCUT2D eigenvalue weighted by molar-refractivity contribution is -0.698. The van der Waals surface area contributed by atoms with E-state index in [1.165, 1.54) is 5.56 Å². The van der Waals surface area contributed by atoms with Gasteiger partial charge in [0, 0.05) is 11.5 Å². The summed E-state index contributed by atoms with van der Waals surface area (Å²) in [5, 5.41) is 4.39. The number of hydrogen-bond donors (Lipinski definition) is 0. The lowest BCUT2D eigenvalue weighted by Gasteiger charge is -2.04. The topological polar surface area (TPSA) is 30.9 Å². The summed E-state index contributed by atoms with van der Waals surface area (Å²) < 4.78 is 9.74. The van der Waals surface area contributed by atoms with Crippen LogP contribution in [0.15, 0.2) is 73.3 Å². The average Bonchev–Trinajstić information content (AvgIpc) is 3.01. The highest BCUT2D eigenvalue weighted by atomic mass is 79.9. The maximum absolute atomic E-state index is 5.69. The number of ether oxygens (including phenoxy) is 1. The first-order valence-electron chi connectivity index (χ1n) is 7.53. The highest BCUT2D eigenvalue weighted by molar-refractivity contribution is 5.20. The van der Waals surface area contributed by atoms with Gasteiger partial charge in [0.1, 0.15) is 12.3 Å². The molecule has 2 aromatic carbocycles. The van der Waals surface area contributed by atoms with Crippen molar-refractivity contribution in [3.8, 4) is 5.75 Å². The first-order chi connectivity index (χ1) is 10.9. The molecule has 0 fully saturated rings. The summed E-state index contributed by atoms with van der Waals surface area (Å²) in [6.07, 6.45) is 4.86. The molecule has 0 saturated heterocycles. The van der Waals surface area contributed by atoms with Crippen molar-refractivity contribution in [1.29, 1.82) is 0 Å². The largest absolute Gasteiger partial charge is 1.00 e. The fourth-order valence-corrected chi connectivity index (χ4v) is 2.28. The third-order valence-corrected chi connectivity index (χ3v) is 3.39. The van der Waals surface area contributed by atoms with Crippen LogP contribution in [0.3, 0.4) is 0 Å². The van der Waals surface area contributed by atoms with Crippen LogP contribution in [-0.4, -0.2) is 16.4 Å². The van der Waals surface area contributed by atoms with Gasteiger partial charge in [0.15, 0.2) is 0 Å². The van der Waals surface area contributed by atoms with Crippen LogP contribution in [0.1, 0.15) is 12.0 Å². The van der Waals surface area contributed by atoms with Crippen LogP contribution in [0.2, 0.25) is 0 Å². The molecule has 1 aromatic heterocycles. The molecule has 5 heteroatoms. The predicted octanol–water partition coefficient (Wildman–Crippen LogP) is -0.308. The van der Waals surface area contributed by atoms with Gasteiger partial charge in [-0.15, -0.1) is 4.68 Å². The molecule has 0 amide bonds. The summed E-state index contributed by atoms with van der Waals surface area (Å²) in [5.74, 6) is 0.923. The van der Waals surface area contributed by atoms with Crippen LogP contribution >= 0.6 is 0 Å². The minimum atomic E-state index is 0. The maximum Gasteiger partial charge on any atom is 0.265 e. The summed E-state index contributed by atoms with van der Waals surface area (Å²) in [4.78, 5) is 0. The second kappa shape index (κ2) is 9.10. The molecule has 0 bridgehead atoms. The zero-order valence-corrected chi connectivity index (χ0v) is 14.5. The van der Waals surface area contributed by atoms with Crippen LogP contribution in [0.4, 0.5) is 0 Å². The molecule has 0 saturated carbocycles. The van der Waals surface area contributed by atoms with E-state index in [2.05, 4.69) is 21.8 Å². The van der Waals surface area contributed by atoms with E-state index in [0.29, 0.717) is 6.61 Å². The molecular formula is C18H20BrN3O. The van der Waals surface area contributed by atoms with E-state index >= 15 is 0 Å². The molecule has 0 aliphatic rings. The van der Waals surface area contributed by atoms with Crippen LogP contribution in [0.5, 0.6) is 5.75 Å². The Morgan fingerprint density at radius 3 is 2.39 bits per heavy atom. The quantitative estimate of drug-likeness (QED) is 0.420. The van der Waals surface area contributed by atoms with Gasteiger partial charge in [-0.1, -0.05) is 48.5 Å². The maximum atomic E-state index is 5.69. The molecule has 0 aliphatic heterocycles. The van der Waals surface area contributed by atoms with Gasteiger partial charge >= 0.3 is 0 Å². The Balaban J connectivity index is 0.00000192. The monoisotopic (exact) mass is 373 g/mol. The summed E-state index contributed by atoms with van der Waals surface area (Å²) >= 11 is 0. The van der Waals surface area contributed by atoms with Crippen molar-refractivity contribution in [2.24, 2.45) is 0 Å². The van der Waals surface area contributed by atoms with Crippen molar-refractivity contribution in [3.05, 3.63) is 78.9 Å². The Hall–Kier alpha value is -2.14. The summed E-state index contributed by atoms with van der Waals surface area (Å²) in [7, 11) is 0. The normalized spacial score (nSPS) is 10.1. The SMILES string of the molecule is [Br-].c1ccc(Cn2c[n+](CCCOc3ccccc3)cn2)cc1. The van der Waals surface area contributed by atoms with Crippen molar-refractivity contribution < 1.29 is 26.3 Å². The second-order valence-corrected chi connectivity index (χ2v) is 5.18. The third kappa shape index (κ3) is 5.53. The second-order valence-electron chi connectivity index (χ2n) is 5.18. The standard InChI is InChI=1S/C18H20N3O.BrH/c1-3-8-17(9-4-1)14-21-16-20(15-19-21)12-7-13-22-18-10-5-2-6-11-18;/h1-6,8-11,15-16H,7,12-14H2;1H/q+1;/p-1.